The lowest BCUT2D eigenvalue weighted by molar-refractivity contribution is -0.385. The fourth-order valence-electron chi connectivity index (χ4n) is 1.90. The Bertz CT molecular complexity index is 946. The van der Waals surface area contributed by atoms with Gasteiger partial charge in [0.1, 0.15) is 0 Å². The number of nitro benzene ring substituents is 1. The Morgan fingerprint density at radius 2 is 1.96 bits per heavy atom. The molecule has 24 heavy (non-hydrogen) atoms. The zero-order chi connectivity index (χ0) is 17.7. The Morgan fingerprint density at radius 3 is 2.62 bits per heavy atom. The number of nitro groups is 1. The highest BCUT2D eigenvalue weighted by atomic mass is 35.5. The minimum Gasteiger partial charge on any atom is -0.258 e. The SMILES string of the molecule is Cc1ccc([N+](=O)[O-])cc1S(=O)(=O)NCC#Cc1ccccc1Cl. The molecule has 0 fully saturated rings. The molecule has 2 aromatic carbocycles. The maximum atomic E-state index is 12.3. The zero-order valence-corrected chi connectivity index (χ0v) is 14.2. The van der Waals surface area contributed by atoms with Crippen LogP contribution in [0.2, 0.25) is 5.02 Å². The van der Waals surface area contributed by atoms with Crippen LogP contribution in [0.25, 0.3) is 0 Å². The van der Waals surface area contributed by atoms with Gasteiger partial charge >= 0.3 is 0 Å². The first-order valence-corrected chi connectivity index (χ1v) is 8.65. The Hall–Kier alpha value is -2.40. The fraction of sp³-hybridized carbons (Fsp3) is 0.125. The predicted molar refractivity (Wildman–Crippen MR) is 91.4 cm³/mol. The van der Waals surface area contributed by atoms with E-state index in [2.05, 4.69) is 16.6 Å². The van der Waals surface area contributed by atoms with Crippen molar-refractivity contribution in [1.29, 1.82) is 0 Å². The van der Waals surface area contributed by atoms with Crippen LogP contribution in [0, 0.1) is 28.9 Å². The van der Waals surface area contributed by atoms with Crippen LogP contribution < -0.4 is 4.72 Å². The van der Waals surface area contributed by atoms with E-state index in [-0.39, 0.29) is 17.1 Å². The van der Waals surface area contributed by atoms with Gasteiger partial charge in [0.05, 0.1) is 21.4 Å². The molecule has 2 rings (SSSR count). The number of sulfonamides is 1. The van der Waals surface area contributed by atoms with Crippen LogP contribution in [0.1, 0.15) is 11.1 Å². The number of nitrogens with zero attached hydrogens (tertiary/aromatic N) is 1. The molecule has 0 aliphatic carbocycles. The molecule has 0 atom stereocenters. The summed E-state index contributed by atoms with van der Waals surface area (Å²) < 4.78 is 26.9. The first-order chi connectivity index (χ1) is 11.3. The summed E-state index contributed by atoms with van der Waals surface area (Å²) in [5.74, 6) is 5.43. The molecule has 124 valence electrons. The summed E-state index contributed by atoms with van der Waals surface area (Å²) in [7, 11) is -3.90. The maximum absolute atomic E-state index is 12.3. The van der Waals surface area contributed by atoms with E-state index in [0.29, 0.717) is 16.1 Å². The summed E-state index contributed by atoms with van der Waals surface area (Å²) >= 11 is 5.95. The van der Waals surface area contributed by atoms with Gasteiger partial charge in [-0.2, -0.15) is 4.72 Å². The van der Waals surface area contributed by atoms with Crippen molar-refractivity contribution in [2.45, 2.75) is 11.8 Å². The zero-order valence-electron chi connectivity index (χ0n) is 12.6. The molecule has 0 aromatic heterocycles. The number of nitrogens with one attached hydrogen (secondary N) is 1. The van der Waals surface area contributed by atoms with Crippen molar-refractivity contribution in [2.24, 2.45) is 0 Å². The first kappa shape index (κ1) is 17.9. The van der Waals surface area contributed by atoms with Crippen molar-refractivity contribution < 1.29 is 13.3 Å². The van der Waals surface area contributed by atoms with Crippen molar-refractivity contribution in [3.63, 3.8) is 0 Å². The average Bonchev–Trinajstić information content (AvgIpc) is 2.53. The summed E-state index contributed by atoms with van der Waals surface area (Å²) in [4.78, 5) is 10.0. The van der Waals surface area contributed by atoms with Crippen LogP contribution in [0.4, 0.5) is 5.69 Å². The van der Waals surface area contributed by atoms with Gasteiger partial charge in [0.25, 0.3) is 5.69 Å². The van der Waals surface area contributed by atoms with Gasteiger partial charge in [-0.15, -0.1) is 0 Å². The summed E-state index contributed by atoms with van der Waals surface area (Å²) in [5, 5.41) is 11.3. The maximum Gasteiger partial charge on any atom is 0.270 e. The minimum atomic E-state index is -3.90. The van der Waals surface area contributed by atoms with Gasteiger partial charge in [-0.3, -0.25) is 10.1 Å². The van der Waals surface area contributed by atoms with Crippen LogP contribution in [-0.2, 0) is 10.0 Å². The summed E-state index contributed by atoms with van der Waals surface area (Å²) in [6.45, 7) is 1.42. The average molecular weight is 365 g/mol. The van der Waals surface area contributed by atoms with Crippen LogP contribution in [0.15, 0.2) is 47.4 Å². The highest BCUT2D eigenvalue weighted by Gasteiger charge is 2.19. The van der Waals surface area contributed by atoms with E-state index in [1.54, 1.807) is 31.2 Å². The van der Waals surface area contributed by atoms with Gasteiger partial charge in [0.2, 0.25) is 10.0 Å². The molecule has 0 saturated carbocycles. The summed E-state index contributed by atoms with van der Waals surface area (Å²) in [6, 6.07) is 10.6. The van der Waals surface area contributed by atoms with Crippen molar-refractivity contribution in [3.8, 4) is 11.8 Å². The van der Waals surface area contributed by atoms with E-state index in [1.165, 1.54) is 12.1 Å². The van der Waals surface area contributed by atoms with Crippen molar-refractivity contribution in [3.05, 3.63) is 68.7 Å². The third-order valence-electron chi connectivity index (χ3n) is 3.12. The molecule has 1 N–H and O–H groups in total. The van der Waals surface area contributed by atoms with Crippen molar-refractivity contribution >= 4 is 27.3 Å². The molecule has 0 aliphatic rings. The van der Waals surface area contributed by atoms with Crippen molar-refractivity contribution in [2.75, 3.05) is 6.54 Å². The van der Waals surface area contributed by atoms with Gasteiger partial charge in [0, 0.05) is 17.7 Å². The topological polar surface area (TPSA) is 89.3 Å². The molecule has 0 saturated heterocycles. The van der Waals surface area contributed by atoms with Crippen LogP contribution >= 0.6 is 11.6 Å². The molecule has 0 heterocycles. The van der Waals surface area contributed by atoms with Crippen LogP contribution in [0.5, 0.6) is 0 Å². The number of hydrogen-bond donors (Lipinski definition) is 1. The standard InChI is InChI=1S/C16H13ClN2O4S/c1-12-8-9-14(19(20)21)11-16(12)24(22,23)18-10-4-6-13-5-2-3-7-15(13)17/h2-3,5,7-9,11,18H,10H2,1H3. The molecule has 8 heteroatoms. The Balaban J connectivity index is 2.17. The number of hydrogen-bond acceptors (Lipinski definition) is 4. The van der Waals surface area contributed by atoms with Gasteiger partial charge in [0.15, 0.2) is 0 Å². The number of aryl methyl sites for hydroxylation is 1. The number of halogens is 1. The van der Waals surface area contributed by atoms with E-state index in [4.69, 9.17) is 11.6 Å². The van der Waals surface area contributed by atoms with Gasteiger partial charge < -0.3 is 0 Å². The smallest absolute Gasteiger partial charge is 0.258 e. The van der Waals surface area contributed by atoms with E-state index in [0.717, 1.165) is 6.07 Å². The molecule has 2 aromatic rings. The lowest BCUT2D eigenvalue weighted by Gasteiger charge is -2.07. The summed E-state index contributed by atoms with van der Waals surface area (Å²) in [6.07, 6.45) is 0. The lowest BCUT2D eigenvalue weighted by Crippen LogP contribution is -2.24. The molecule has 6 nitrogen and oxygen atoms in total. The third-order valence-corrected chi connectivity index (χ3v) is 4.99. The van der Waals surface area contributed by atoms with Gasteiger partial charge in [-0.25, -0.2) is 8.42 Å². The number of non-ortho nitro benzene ring substituents is 1. The molecular weight excluding hydrogens is 352 g/mol. The van der Waals surface area contributed by atoms with E-state index >= 15 is 0 Å². The van der Waals surface area contributed by atoms with Crippen LogP contribution in [0.3, 0.4) is 0 Å². The minimum absolute atomic E-state index is 0.142. The molecule has 0 spiro atoms. The molecular formula is C16H13ClN2O4S. The third kappa shape index (κ3) is 4.32. The molecule has 0 radical (unpaired) electrons. The van der Waals surface area contributed by atoms with Crippen LogP contribution in [-0.4, -0.2) is 19.9 Å². The van der Waals surface area contributed by atoms with E-state index in [1.807, 2.05) is 0 Å². The second-order valence-electron chi connectivity index (χ2n) is 4.81. The molecule has 0 bridgehead atoms. The predicted octanol–water partition coefficient (Wildman–Crippen LogP) is 2.89. The van der Waals surface area contributed by atoms with Crippen molar-refractivity contribution in [1.82, 2.24) is 4.72 Å². The molecule has 0 aliphatic heterocycles. The Morgan fingerprint density at radius 1 is 1.25 bits per heavy atom. The highest BCUT2D eigenvalue weighted by Crippen LogP contribution is 2.21. The Kier molecular flexibility index (Phi) is 5.57. The molecule has 0 unspecified atom stereocenters. The van der Waals surface area contributed by atoms with Gasteiger partial charge in [-0.1, -0.05) is 41.6 Å². The Labute approximate surface area is 144 Å². The quantitative estimate of drug-likeness (QED) is 0.513. The second-order valence-corrected chi connectivity index (χ2v) is 6.96. The normalized spacial score (nSPS) is 10.8. The second kappa shape index (κ2) is 7.45. The molecule has 0 amide bonds. The highest BCUT2D eigenvalue weighted by molar-refractivity contribution is 7.89. The summed E-state index contributed by atoms with van der Waals surface area (Å²) in [5.41, 5.74) is 0.709. The monoisotopic (exact) mass is 364 g/mol. The largest absolute Gasteiger partial charge is 0.270 e. The first-order valence-electron chi connectivity index (χ1n) is 6.79. The van der Waals surface area contributed by atoms with E-state index < -0.39 is 14.9 Å². The van der Waals surface area contributed by atoms with E-state index in [9.17, 15) is 18.5 Å². The number of rotatable bonds is 4. The van der Waals surface area contributed by atoms with Gasteiger partial charge in [-0.05, 0) is 24.6 Å². The lowest BCUT2D eigenvalue weighted by atomic mass is 10.2. The number of benzene rings is 2. The fourth-order valence-corrected chi connectivity index (χ4v) is 3.27.